The Morgan fingerprint density at radius 3 is 2.94 bits per heavy atom. The summed E-state index contributed by atoms with van der Waals surface area (Å²) in [6.07, 6.45) is 0.459. The third kappa shape index (κ3) is 2.33. The van der Waals surface area contributed by atoms with Crippen LogP contribution in [0.4, 0.5) is 0 Å². The number of fused-ring (bicyclic) bond motifs is 1. The molecule has 0 saturated carbocycles. The van der Waals surface area contributed by atoms with Gasteiger partial charge in [0.2, 0.25) is 0 Å². The number of rotatable bonds is 3. The Hall–Kier alpha value is -1.20. The summed E-state index contributed by atoms with van der Waals surface area (Å²) >= 11 is 3.18. The van der Waals surface area contributed by atoms with Gasteiger partial charge in [-0.3, -0.25) is 4.79 Å². The summed E-state index contributed by atoms with van der Waals surface area (Å²) in [5.41, 5.74) is 6.93. The maximum atomic E-state index is 11.9. The first kappa shape index (κ1) is 13.2. The van der Waals surface area contributed by atoms with E-state index >= 15 is 0 Å². The van der Waals surface area contributed by atoms with Crippen LogP contribution in [-0.4, -0.2) is 29.2 Å². The van der Waals surface area contributed by atoms with E-state index in [-0.39, 0.29) is 11.8 Å². The molecule has 0 bridgehead atoms. The summed E-state index contributed by atoms with van der Waals surface area (Å²) in [7, 11) is 0. The smallest absolute Gasteiger partial charge is 0.338 e. The normalized spacial score (nSPS) is 21.8. The highest BCUT2D eigenvalue weighted by Crippen LogP contribution is 2.29. The van der Waals surface area contributed by atoms with Crippen LogP contribution < -0.4 is 5.73 Å². The first-order valence-corrected chi connectivity index (χ1v) is 6.77. The molecule has 1 aliphatic carbocycles. The molecule has 0 saturated heterocycles. The van der Waals surface area contributed by atoms with E-state index in [1.807, 2.05) is 0 Å². The SMILES string of the molecule is CC1(N)Cc2cc(C(=O)OCCBr)ccc2C1=O. The lowest BCUT2D eigenvalue weighted by molar-refractivity contribution is 0.0531. The lowest BCUT2D eigenvalue weighted by Gasteiger charge is -2.13. The number of nitrogens with two attached hydrogens (primary N) is 1. The number of halogens is 1. The molecule has 5 heteroatoms. The van der Waals surface area contributed by atoms with Crippen LogP contribution in [0.2, 0.25) is 0 Å². The highest BCUT2D eigenvalue weighted by atomic mass is 79.9. The van der Waals surface area contributed by atoms with Crippen molar-refractivity contribution in [2.45, 2.75) is 18.9 Å². The average Bonchev–Trinajstić information content (AvgIpc) is 2.56. The van der Waals surface area contributed by atoms with Gasteiger partial charge in [0, 0.05) is 10.9 Å². The molecule has 2 rings (SSSR count). The van der Waals surface area contributed by atoms with E-state index in [1.165, 1.54) is 0 Å². The van der Waals surface area contributed by atoms with E-state index < -0.39 is 5.54 Å². The molecule has 96 valence electrons. The molecule has 0 amide bonds. The number of ether oxygens (including phenoxy) is 1. The molecule has 18 heavy (non-hydrogen) atoms. The van der Waals surface area contributed by atoms with Crippen molar-refractivity contribution in [1.29, 1.82) is 0 Å². The van der Waals surface area contributed by atoms with Crippen molar-refractivity contribution in [2.75, 3.05) is 11.9 Å². The highest BCUT2D eigenvalue weighted by molar-refractivity contribution is 9.09. The standard InChI is InChI=1S/C13H14BrNO3/c1-13(15)7-9-6-8(12(17)18-5-4-14)2-3-10(9)11(13)16/h2-3,6H,4-5,7,15H2,1H3. The fourth-order valence-corrected chi connectivity index (χ4v) is 2.25. The molecule has 2 N–H and O–H groups in total. The molecule has 0 aliphatic heterocycles. The van der Waals surface area contributed by atoms with Crippen LogP contribution in [0.25, 0.3) is 0 Å². The Morgan fingerprint density at radius 1 is 1.56 bits per heavy atom. The summed E-state index contributed by atoms with van der Waals surface area (Å²) in [6.45, 7) is 2.03. The minimum atomic E-state index is -0.860. The van der Waals surface area contributed by atoms with Gasteiger partial charge in [-0.1, -0.05) is 22.0 Å². The lowest BCUT2D eigenvalue weighted by Crippen LogP contribution is -2.42. The average molecular weight is 312 g/mol. The van der Waals surface area contributed by atoms with Gasteiger partial charge in [-0.25, -0.2) is 4.79 Å². The van der Waals surface area contributed by atoms with Gasteiger partial charge < -0.3 is 10.5 Å². The fourth-order valence-electron chi connectivity index (χ4n) is 2.09. The summed E-state index contributed by atoms with van der Waals surface area (Å²) in [6, 6.07) is 4.96. The van der Waals surface area contributed by atoms with Gasteiger partial charge in [-0.2, -0.15) is 0 Å². The molecule has 0 heterocycles. The Bertz CT molecular complexity index is 511. The van der Waals surface area contributed by atoms with Crippen LogP contribution >= 0.6 is 15.9 Å². The topological polar surface area (TPSA) is 69.4 Å². The third-order valence-electron chi connectivity index (χ3n) is 2.97. The van der Waals surface area contributed by atoms with E-state index in [2.05, 4.69) is 15.9 Å². The number of benzene rings is 1. The van der Waals surface area contributed by atoms with Crippen molar-refractivity contribution in [1.82, 2.24) is 0 Å². The summed E-state index contributed by atoms with van der Waals surface area (Å²) in [4.78, 5) is 23.6. The highest BCUT2D eigenvalue weighted by Gasteiger charge is 2.38. The second-order valence-electron chi connectivity index (χ2n) is 4.62. The zero-order chi connectivity index (χ0) is 13.3. The van der Waals surface area contributed by atoms with E-state index in [0.717, 1.165) is 5.56 Å². The zero-order valence-corrected chi connectivity index (χ0v) is 11.6. The van der Waals surface area contributed by atoms with Crippen molar-refractivity contribution < 1.29 is 14.3 Å². The molecule has 1 aromatic carbocycles. The fraction of sp³-hybridized carbons (Fsp3) is 0.385. The first-order valence-electron chi connectivity index (χ1n) is 5.65. The van der Waals surface area contributed by atoms with Gasteiger partial charge >= 0.3 is 5.97 Å². The molecular formula is C13H14BrNO3. The van der Waals surface area contributed by atoms with Crippen LogP contribution in [0.5, 0.6) is 0 Å². The van der Waals surface area contributed by atoms with E-state index in [0.29, 0.717) is 29.5 Å². The molecule has 1 unspecified atom stereocenters. The Kier molecular flexibility index (Phi) is 3.54. The number of ketones is 1. The summed E-state index contributed by atoms with van der Waals surface area (Å²) in [5, 5.41) is 0.600. The Labute approximate surface area is 114 Å². The second-order valence-corrected chi connectivity index (χ2v) is 5.41. The minimum Gasteiger partial charge on any atom is -0.461 e. The van der Waals surface area contributed by atoms with Gasteiger partial charge in [0.05, 0.1) is 11.1 Å². The summed E-state index contributed by atoms with van der Waals surface area (Å²) < 4.78 is 5.01. The van der Waals surface area contributed by atoms with Crippen molar-refractivity contribution in [2.24, 2.45) is 5.73 Å². The third-order valence-corrected chi connectivity index (χ3v) is 3.30. The Morgan fingerprint density at radius 2 is 2.28 bits per heavy atom. The Balaban J connectivity index is 2.26. The number of alkyl halides is 1. The van der Waals surface area contributed by atoms with Gasteiger partial charge in [0.15, 0.2) is 5.78 Å². The van der Waals surface area contributed by atoms with E-state index in [4.69, 9.17) is 10.5 Å². The predicted octanol–water partition coefficient (Wildman–Crippen LogP) is 1.69. The van der Waals surface area contributed by atoms with Crippen LogP contribution in [0.1, 0.15) is 33.2 Å². The van der Waals surface area contributed by atoms with Crippen molar-refractivity contribution >= 4 is 27.7 Å². The van der Waals surface area contributed by atoms with Crippen LogP contribution in [0.15, 0.2) is 18.2 Å². The molecule has 0 spiro atoms. The number of carbonyl (C=O) groups is 2. The van der Waals surface area contributed by atoms with Gasteiger partial charge in [0.25, 0.3) is 0 Å². The number of carbonyl (C=O) groups excluding carboxylic acids is 2. The molecule has 0 radical (unpaired) electrons. The number of esters is 1. The molecule has 0 aromatic heterocycles. The predicted molar refractivity (Wildman–Crippen MR) is 71.1 cm³/mol. The van der Waals surface area contributed by atoms with E-state index in [9.17, 15) is 9.59 Å². The molecule has 1 atom stereocenters. The van der Waals surface area contributed by atoms with Crippen LogP contribution in [0.3, 0.4) is 0 Å². The van der Waals surface area contributed by atoms with E-state index in [1.54, 1.807) is 25.1 Å². The largest absolute Gasteiger partial charge is 0.461 e. The maximum Gasteiger partial charge on any atom is 0.338 e. The molecule has 4 nitrogen and oxygen atoms in total. The first-order chi connectivity index (χ1) is 8.45. The minimum absolute atomic E-state index is 0.0714. The van der Waals surface area contributed by atoms with Crippen molar-refractivity contribution in [3.8, 4) is 0 Å². The van der Waals surface area contributed by atoms with Crippen LogP contribution in [-0.2, 0) is 11.2 Å². The quantitative estimate of drug-likeness (QED) is 0.681. The maximum absolute atomic E-state index is 11.9. The van der Waals surface area contributed by atoms with Crippen LogP contribution in [0, 0.1) is 0 Å². The van der Waals surface area contributed by atoms with Gasteiger partial charge in [-0.15, -0.1) is 0 Å². The second kappa shape index (κ2) is 4.82. The molecule has 1 aromatic rings. The monoisotopic (exact) mass is 311 g/mol. The zero-order valence-electron chi connectivity index (χ0n) is 10.0. The summed E-state index contributed by atoms with van der Waals surface area (Å²) in [5.74, 6) is -0.451. The van der Waals surface area contributed by atoms with Gasteiger partial charge in [0.1, 0.15) is 6.61 Å². The van der Waals surface area contributed by atoms with Crippen molar-refractivity contribution in [3.63, 3.8) is 0 Å². The molecule has 1 aliphatic rings. The molecule has 0 fully saturated rings. The number of Topliss-reactive ketones (excluding diaryl/α,β-unsaturated/α-hetero) is 1. The number of hydrogen-bond acceptors (Lipinski definition) is 4. The lowest BCUT2D eigenvalue weighted by atomic mass is 9.99. The molecular weight excluding hydrogens is 298 g/mol. The van der Waals surface area contributed by atoms with Gasteiger partial charge in [-0.05, 0) is 31.0 Å². The van der Waals surface area contributed by atoms with Crippen molar-refractivity contribution in [3.05, 3.63) is 34.9 Å². The number of hydrogen-bond donors (Lipinski definition) is 1.